The normalized spacial score (nSPS) is 17.1. The van der Waals surface area contributed by atoms with Gasteiger partial charge in [-0.1, -0.05) is 11.6 Å². The van der Waals surface area contributed by atoms with Crippen LogP contribution in [0.25, 0.3) is 0 Å². The molecule has 0 fully saturated rings. The number of rotatable bonds is 3. The van der Waals surface area contributed by atoms with Crippen LogP contribution in [0.3, 0.4) is 0 Å². The van der Waals surface area contributed by atoms with Crippen molar-refractivity contribution in [2.75, 3.05) is 14.2 Å². The van der Waals surface area contributed by atoms with Gasteiger partial charge in [0.15, 0.2) is 0 Å². The van der Waals surface area contributed by atoms with Crippen molar-refractivity contribution in [3.63, 3.8) is 0 Å². The van der Waals surface area contributed by atoms with Crippen LogP contribution in [0.15, 0.2) is 18.2 Å². The Morgan fingerprint density at radius 1 is 1.38 bits per heavy atom. The number of fused-ring (bicyclic) bond motifs is 1. The summed E-state index contributed by atoms with van der Waals surface area (Å²) in [5, 5.41) is 8.90. The second kappa shape index (κ2) is 6.81. The molecule has 24 heavy (non-hydrogen) atoms. The fourth-order valence-electron chi connectivity index (χ4n) is 3.20. The lowest BCUT2D eigenvalue weighted by molar-refractivity contribution is 0.0712. The Morgan fingerprint density at radius 2 is 2.17 bits per heavy atom. The molecule has 1 unspecified atom stereocenters. The minimum absolute atomic E-state index is 0.0529. The van der Waals surface area contributed by atoms with Crippen molar-refractivity contribution in [2.45, 2.75) is 38.8 Å². The zero-order chi connectivity index (χ0) is 17.3. The maximum atomic E-state index is 12.9. The lowest BCUT2D eigenvalue weighted by Crippen LogP contribution is -2.37. The van der Waals surface area contributed by atoms with Crippen LogP contribution in [0, 0.1) is 6.92 Å². The highest BCUT2D eigenvalue weighted by molar-refractivity contribution is 6.30. The average molecular weight is 349 g/mol. The van der Waals surface area contributed by atoms with E-state index in [4.69, 9.17) is 16.3 Å². The molecule has 1 aromatic carbocycles. The Balaban J connectivity index is 1.77. The third kappa shape index (κ3) is 3.11. The number of benzene rings is 1. The minimum Gasteiger partial charge on any atom is -0.496 e. The van der Waals surface area contributed by atoms with Crippen molar-refractivity contribution in [1.29, 1.82) is 0 Å². The van der Waals surface area contributed by atoms with Crippen molar-refractivity contribution in [1.82, 2.24) is 19.7 Å². The summed E-state index contributed by atoms with van der Waals surface area (Å²) in [4.78, 5) is 14.7. The number of halogens is 1. The Hall–Kier alpha value is -2.08. The van der Waals surface area contributed by atoms with Crippen molar-refractivity contribution in [3.05, 3.63) is 40.4 Å². The van der Waals surface area contributed by atoms with Gasteiger partial charge in [0.25, 0.3) is 5.91 Å². The number of aryl methyl sites for hydroxylation is 2. The molecule has 0 saturated heterocycles. The molecule has 0 radical (unpaired) electrons. The van der Waals surface area contributed by atoms with Gasteiger partial charge in [-0.2, -0.15) is 0 Å². The van der Waals surface area contributed by atoms with Crippen LogP contribution in [0.1, 0.15) is 34.8 Å². The number of carbonyl (C=O) groups excluding carboxylic acids is 1. The second-order valence-corrected chi connectivity index (χ2v) is 6.49. The number of nitrogens with zero attached hydrogens (tertiary/aromatic N) is 4. The maximum absolute atomic E-state index is 12.9. The van der Waals surface area contributed by atoms with Crippen molar-refractivity contribution < 1.29 is 9.53 Å². The van der Waals surface area contributed by atoms with Gasteiger partial charge in [-0.3, -0.25) is 4.79 Å². The van der Waals surface area contributed by atoms with Gasteiger partial charge in [0.05, 0.1) is 12.7 Å². The zero-order valence-corrected chi connectivity index (χ0v) is 14.9. The van der Waals surface area contributed by atoms with Crippen LogP contribution in [0.2, 0.25) is 5.02 Å². The SMILES string of the molecule is COc1cc(Cl)ccc1C(=O)N(C)C1CCc2nnc(C)n2CC1. The molecule has 3 rings (SSSR count). The summed E-state index contributed by atoms with van der Waals surface area (Å²) in [7, 11) is 3.39. The third-order valence-electron chi connectivity index (χ3n) is 4.66. The van der Waals surface area contributed by atoms with Crippen LogP contribution in [0.5, 0.6) is 5.75 Å². The van der Waals surface area contributed by atoms with Gasteiger partial charge >= 0.3 is 0 Å². The first-order valence-corrected chi connectivity index (χ1v) is 8.38. The molecule has 1 aliphatic heterocycles. The number of methoxy groups -OCH3 is 1. The number of hydrogen-bond acceptors (Lipinski definition) is 4. The molecule has 0 bridgehead atoms. The first-order chi connectivity index (χ1) is 11.5. The highest BCUT2D eigenvalue weighted by Crippen LogP contribution is 2.26. The Morgan fingerprint density at radius 3 is 2.92 bits per heavy atom. The summed E-state index contributed by atoms with van der Waals surface area (Å²) in [6.07, 6.45) is 2.57. The van der Waals surface area contributed by atoms with Crippen LogP contribution < -0.4 is 4.74 Å². The lowest BCUT2D eigenvalue weighted by Gasteiger charge is -2.27. The maximum Gasteiger partial charge on any atom is 0.257 e. The molecule has 0 N–H and O–H groups in total. The van der Waals surface area contributed by atoms with E-state index in [9.17, 15) is 4.79 Å². The van der Waals surface area contributed by atoms with Crippen molar-refractivity contribution in [3.8, 4) is 5.75 Å². The minimum atomic E-state index is -0.0529. The molecule has 1 amide bonds. The van der Waals surface area contributed by atoms with E-state index in [0.29, 0.717) is 16.3 Å². The standard InChI is InChI=1S/C17H21ClN4O2/c1-11-19-20-16-7-5-13(8-9-22(11)16)21(2)17(23)14-6-4-12(18)10-15(14)24-3/h4,6,10,13H,5,7-9H2,1-3H3. The molecule has 0 aliphatic carbocycles. The molecule has 1 aliphatic rings. The molecular weight excluding hydrogens is 328 g/mol. The van der Waals surface area contributed by atoms with Gasteiger partial charge in [0.1, 0.15) is 17.4 Å². The molecule has 0 spiro atoms. The van der Waals surface area contributed by atoms with Gasteiger partial charge < -0.3 is 14.2 Å². The van der Waals surface area contributed by atoms with E-state index < -0.39 is 0 Å². The summed E-state index contributed by atoms with van der Waals surface area (Å²) in [5.41, 5.74) is 0.532. The number of ether oxygens (including phenoxy) is 1. The van der Waals surface area contributed by atoms with E-state index in [1.54, 1.807) is 30.2 Å². The number of hydrogen-bond donors (Lipinski definition) is 0. The molecule has 2 aromatic rings. The topological polar surface area (TPSA) is 60.2 Å². The summed E-state index contributed by atoms with van der Waals surface area (Å²) in [6, 6.07) is 5.25. The summed E-state index contributed by atoms with van der Waals surface area (Å²) >= 11 is 5.98. The van der Waals surface area contributed by atoms with Crippen LogP contribution in [-0.2, 0) is 13.0 Å². The van der Waals surface area contributed by atoms with Crippen LogP contribution in [-0.4, -0.2) is 45.8 Å². The fourth-order valence-corrected chi connectivity index (χ4v) is 3.37. The van der Waals surface area contributed by atoms with Crippen molar-refractivity contribution in [2.24, 2.45) is 0 Å². The van der Waals surface area contributed by atoms with E-state index in [1.165, 1.54) is 0 Å². The third-order valence-corrected chi connectivity index (χ3v) is 4.90. The first kappa shape index (κ1) is 16.8. The van der Waals surface area contributed by atoms with Gasteiger partial charge in [0, 0.05) is 31.1 Å². The Bertz CT molecular complexity index is 759. The van der Waals surface area contributed by atoms with E-state index in [-0.39, 0.29) is 11.9 Å². The lowest BCUT2D eigenvalue weighted by atomic mass is 10.1. The molecule has 7 heteroatoms. The molecular formula is C17H21ClN4O2. The van der Waals surface area contributed by atoms with E-state index >= 15 is 0 Å². The number of carbonyl (C=O) groups is 1. The largest absolute Gasteiger partial charge is 0.496 e. The van der Waals surface area contributed by atoms with Gasteiger partial charge in [-0.15, -0.1) is 10.2 Å². The first-order valence-electron chi connectivity index (χ1n) is 8.00. The monoisotopic (exact) mass is 348 g/mol. The van der Waals surface area contributed by atoms with Crippen molar-refractivity contribution >= 4 is 17.5 Å². The van der Waals surface area contributed by atoms with Crippen LogP contribution >= 0.6 is 11.6 Å². The average Bonchev–Trinajstić information content (AvgIpc) is 2.81. The van der Waals surface area contributed by atoms with Crippen LogP contribution in [0.4, 0.5) is 0 Å². The summed E-state index contributed by atoms with van der Waals surface area (Å²) in [5.74, 6) is 2.38. The van der Waals surface area contributed by atoms with E-state index in [1.807, 2.05) is 14.0 Å². The van der Waals surface area contributed by atoms with Gasteiger partial charge in [0.2, 0.25) is 0 Å². The fraction of sp³-hybridized carbons (Fsp3) is 0.471. The molecule has 0 saturated carbocycles. The molecule has 1 aromatic heterocycles. The Labute approximate surface area is 146 Å². The summed E-state index contributed by atoms with van der Waals surface area (Å²) < 4.78 is 7.45. The highest BCUT2D eigenvalue weighted by atomic mass is 35.5. The summed E-state index contributed by atoms with van der Waals surface area (Å²) in [6.45, 7) is 2.79. The van der Waals surface area contributed by atoms with Gasteiger partial charge in [-0.25, -0.2) is 0 Å². The smallest absolute Gasteiger partial charge is 0.257 e. The Kier molecular flexibility index (Phi) is 4.76. The van der Waals surface area contributed by atoms with E-state index in [2.05, 4.69) is 14.8 Å². The van der Waals surface area contributed by atoms with Gasteiger partial charge in [-0.05, 0) is 38.0 Å². The number of aromatic nitrogens is 3. The molecule has 128 valence electrons. The quantitative estimate of drug-likeness (QED) is 0.855. The second-order valence-electron chi connectivity index (χ2n) is 6.06. The van der Waals surface area contributed by atoms with E-state index in [0.717, 1.165) is 37.5 Å². The zero-order valence-electron chi connectivity index (χ0n) is 14.1. The molecule has 2 heterocycles. The molecule has 6 nitrogen and oxygen atoms in total. The predicted octanol–water partition coefficient (Wildman–Crippen LogP) is 2.73. The predicted molar refractivity (Wildman–Crippen MR) is 91.6 cm³/mol. The molecule has 1 atom stereocenters. The number of amides is 1. The highest BCUT2D eigenvalue weighted by Gasteiger charge is 2.26.